The van der Waals surface area contributed by atoms with Crippen molar-refractivity contribution in [2.75, 3.05) is 19.5 Å². The summed E-state index contributed by atoms with van der Waals surface area (Å²) >= 11 is 8.62. The maximum Gasteiger partial charge on any atom is 0.264 e. The molecular weight excluding hydrogens is 430 g/mol. The molecule has 11 heteroatoms. The Morgan fingerprint density at radius 3 is 2.52 bits per heavy atom. The van der Waals surface area contributed by atoms with Crippen LogP contribution in [0.3, 0.4) is 0 Å². The van der Waals surface area contributed by atoms with Gasteiger partial charge in [-0.25, -0.2) is 13.4 Å². The van der Waals surface area contributed by atoms with E-state index in [1.807, 2.05) is 11.4 Å². The van der Waals surface area contributed by atoms with Gasteiger partial charge in [-0.1, -0.05) is 16.1 Å². The Hall–Kier alpha value is -1.82. The van der Waals surface area contributed by atoms with Crippen LogP contribution in [0.5, 0.6) is 0 Å². The Morgan fingerprint density at radius 1 is 1.22 bits per heavy atom. The highest BCUT2D eigenvalue weighted by atomic mass is 35.5. The van der Waals surface area contributed by atoms with Crippen LogP contribution < -0.4 is 5.32 Å². The maximum atomic E-state index is 12.4. The van der Waals surface area contributed by atoms with Crippen molar-refractivity contribution in [1.29, 1.82) is 0 Å². The Morgan fingerprint density at radius 2 is 1.93 bits per heavy atom. The Kier molecular flexibility index (Phi) is 5.94. The van der Waals surface area contributed by atoms with Crippen LogP contribution in [0, 0.1) is 0 Å². The number of carbonyl (C=O) groups is 1. The van der Waals surface area contributed by atoms with Crippen LogP contribution in [-0.2, 0) is 14.9 Å². The molecule has 0 unspecified atom stereocenters. The third kappa shape index (κ3) is 4.37. The standard InChI is InChI=1S/C16H14ClN3O4S3/c1-20(24-2)27(22,23)11-5-3-10(4-6-11)15(21)19-16-18-12(9-25-16)13-7-8-14(17)26-13/h3-9H,1-2H3,(H,18,19,21). The summed E-state index contributed by atoms with van der Waals surface area (Å²) in [6, 6.07) is 9.21. The quantitative estimate of drug-likeness (QED) is 0.582. The van der Waals surface area contributed by atoms with Gasteiger partial charge in [-0.2, -0.15) is 0 Å². The highest BCUT2D eigenvalue weighted by Crippen LogP contribution is 2.33. The van der Waals surface area contributed by atoms with Gasteiger partial charge in [0.1, 0.15) is 0 Å². The average molecular weight is 444 g/mol. The zero-order chi connectivity index (χ0) is 19.6. The van der Waals surface area contributed by atoms with Gasteiger partial charge in [-0.15, -0.1) is 22.7 Å². The van der Waals surface area contributed by atoms with E-state index in [9.17, 15) is 13.2 Å². The van der Waals surface area contributed by atoms with Crippen molar-refractivity contribution in [3.8, 4) is 10.6 Å². The minimum absolute atomic E-state index is 0.0227. The van der Waals surface area contributed by atoms with Crippen molar-refractivity contribution >= 4 is 55.3 Å². The molecule has 3 aromatic rings. The maximum absolute atomic E-state index is 12.4. The topological polar surface area (TPSA) is 88.6 Å². The number of thiophene rings is 1. The lowest BCUT2D eigenvalue weighted by Crippen LogP contribution is -2.25. The highest BCUT2D eigenvalue weighted by molar-refractivity contribution is 7.89. The molecule has 1 aromatic carbocycles. The van der Waals surface area contributed by atoms with Gasteiger partial charge in [0.05, 0.1) is 26.9 Å². The first-order valence-electron chi connectivity index (χ1n) is 7.47. The van der Waals surface area contributed by atoms with E-state index in [0.717, 1.165) is 15.0 Å². The molecule has 2 aromatic heterocycles. The molecule has 0 fully saturated rings. The number of hydrogen-bond donors (Lipinski definition) is 1. The van der Waals surface area contributed by atoms with Crippen molar-refractivity contribution in [2.45, 2.75) is 4.90 Å². The van der Waals surface area contributed by atoms with E-state index < -0.39 is 10.0 Å². The predicted molar refractivity (Wildman–Crippen MR) is 107 cm³/mol. The van der Waals surface area contributed by atoms with Gasteiger partial charge in [0, 0.05) is 18.0 Å². The third-order valence-electron chi connectivity index (χ3n) is 3.56. The Labute approximate surface area is 169 Å². The van der Waals surface area contributed by atoms with E-state index in [2.05, 4.69) is 10.3 Å². The number of hydrogen-bond acceptors (Lipinski definition) is 7. The molecular formula is C16H14ClN3O4S3. The molecule has 0 radical (unpaired) electrons. The first kappa shape index (κ1) is 19.9. The van der Waals surface area contributed by atoms with Crippen LogP contribution >= 0.6 is 34.3 Å². The van der Waals surface area contributed by atoms with Gasteiger partial charge >= 0.3 is 0 Å². The molecule has 0 saturated heterocycles. The van der Waals surface area contributed by atoms with Crippen LogP contribution in [0.4, 0.5) is 5.13 Å². The third-order valence-corrected chi connectivity index (χ3v) is 7.27. The van der Waals surface area contributed by atoms with Crippen molar-refractivity contribution in [1.82, 2.24) is 9.45 Å². The van der Waals surface area contributed by atoms with Gasteiger partial charge in [0.25, 0.3) is 15.9 Å². The Bertz CT molecular complexity index is 1060. The smallest absolute Gasteiger partial charge is 0.264 e. The van der Waals surface area contributed by atoms with Crippen molar-refractivity contribution in [2.24, 2.45) is 0 Å². The summed E-state index contributed by atoms with van der Waals surface area (Å²) in [6.07, 6.45) is 0. The molecule has 0 aliphatic heterocycles. The van der Waals surface area contributed by atoms with Crippen LogP contribution in [-0.4, -0.2) is 37.9 Å². The van der Waals surface area contributed by atoms with Gasteiger partial charge < -0.3 is 0 Å². The number of anilines is 1. The molecule has 1 N–H and O–H groups in total. The van der Waals surface area contributed by atoms with Crippen molar-refractivity contribution in [3.05, 3.63) is 51.7 Å². The minimum atomic E-state index is -3.76. The van der Waals surface area contributed by atoms with Gasteiger partial charge in [0.2, 0.25) is 0 Å². The predicted octanol–water partition coefficient (Wildman–Crippen LogP) is 3.96. The number of thiazole rings is 1. The monoisotopic (exact) mass is 443 g/mol. The normalized spacial score (nSPS) is 11.7. The zero-order valence-corrected chi connectivity index (χ0v) is 17.4. The molecule has 0 aliphatic rings. The number of amides is 1. The molecule has 142 valence electrons. The van der Waals surface area contributed by atoms with Crippen LogP contribution in [0.25, 0.3) is 10.6 Å². The van der Waals surface area contributed by atoms with E-state index in [4.69, 9.17) is 16.4 Å². The fourth-order valence-corrected chi connectivity index (χ4v) is 4.85. The first-order valence-corrected chi connectivity index (χ1v) is 11.0. The van der Waals surface area contributed by atoms with Gasteiger partial charge in [-0.05, 0) is 36.4 Å². The lowest BCUT2D eigenvalue weighted by molar-refractivity contribution is -0.0258. The van der Waals surface area contributed by atoms with E-state index in [0.29, 0.717) is 15.0 Å². The largest absolute Gasteiger partial charge is 0.298 e. The van der Waals surface area contributed by atoms with E-state index >= 15 is 0 Å². The number of nitrogens with one attached hydrogen (secondary N) is 1. The number of benzene rings is 1. The number of aromatic nitrogens is 1. The summed E-state index contributed by atoms with van der Waals surface area (Å²) in [7, 11) is -1.21. The second-order valence-electron chi connectivity index (χ2n) is 5.22. The van der Waals surface area contributed by atoms with E-state index in [-0.39, 0.29) is 10.8 Å². The molecule has 0 saturated carbocycles. The molecule has 1 amide bonds. The summed E-state index contributed by atoms with van der Waals surface area (Å²) < 4.78 is 25.7. The van der Waals surface area contributed by atoms with Crippen LogP contribution in [0.15, 0.2) is 46.7 Å². The van der Waals surface area contributed by atoms with Gasteiger partial charge in [-0.3, -0.25) is 14.9 Å². The van der Waals surface area contributed by atoms with Crippen molar-refractivity contribution < 1.29 is 18.0 Å². The number of hydroxylamine groups is 1. The molecule has 7 nitrogen and oxygen atoms in total. The average Bonchev–Trinajstić information content (AvgIpc) is 3.29. The summed E-state index contributed by atoms with van der Waals surface area (Å²) in [6.45, 7) is 0. The van der Waals surface area contributed by atoms with Gasteiger partial charge in [0.15, 0.2) is 5.13 Å². The first-order chi connectivity index (χ1) is 12.8. The molecule has 27 heavy (non-hydrogen) atoms. The highest BCUT2D eigenvalue weighted by Gasteiger charge is 2.21. The summed E-state index contributed by atoms with van der Waals surface area (Å²) in [5.74, 6) is -0.385. The molecule has 0 bridgehead atoms. The van der Waals surface area contributed by atoms with Crippen LogP contribution in [0.1, 0.15) is 10.4 Å². The van der Waals surface area contributed by atoms with E-state index in [1.54, 1.807) is 6.07 Å². The minimum Gasteiger partial charge on any atom is -0.298 e. The second-order valence-corrected chi connectivity index (χ2v) is 9.73. The lowest BCUT2D eigenvalue weighted by Gasteiger charge is -2.14. The zero-order valence-electron chi connectivity index (χ0n) is 14.2. The molecule has 0 spiro atoms. The molecule has 0 aliphatic carbocycles. The van der Waals surface area contributed by atoms with Crippen molar-refractivity contribution in [3.63, 3.8) is 0 Å². The molecule has 3 rings (SSSR count). The lowest BCUT2D eigenvalue weighted by atomic mass is 10.2. The SMILES string of the molecule is CON(C)S(=O)(=O)c1ccc(C(=O)Nc2nc(-c3ccc(Cl)s3)cs2)cc1. The summed E-state index contributed by atoms with van der Waals surface area (Å²) in [5.41, 5.74) is 1.04. The fraction of sp³-hybridized carbons (Fsp3) is 0.125. The number of sulfonamides is 1. The second kappa shape index (κ2) is 8.05. The number of halogens is 1. The van der Waals surface area contributed by atoms with Crippen LogP contribution in [0.2, 0.25) is 4.34 Å². The number of rotatable bonds is 6. The summed E-state index contributed by atoms with van der Waals surface area (Å²) in [4.78, 5) is 22.4. The summed E-state index contributed by atoms with van der Waals surface area (Å²) in [5, 5.41) is 4.97. The fourth-order valence-electron chi connectivity index (χ4n) is 2.09. The van der Waals surface area contributed by atoms with E-state index in [1.165, 1.54) is 61.1 Å². The number of nitrogens with zero attached hydrogens (tertiary/aromatic N) is 2. The Balaban J connectivity index is 1.73. The number of carbonyl (C=O) groups excluding carboxylic acids is 1. The molecule has 2 heterocycles. The molecule has 0 atom stereocenters.